The van der Waals surface area contributed by atoms with Crippen molar-refractivity contribution >= 4 is 23.3 Å². The second-order valence-electron chi connectivity index (χ2n) is 8.15. The third kappa shape index (κ3) is 4.61. The first-order valence-electron chi connectivity index (χ1n) is 10.5. The highest BCUT2D eigenvalue weighted by molar-refractivity contribution is 6.07. The molecule has 0 bridgehead atoms. The summed E-state index contributed by atoms with van der Waals surface area (Å²) >= 11 is 0. The van der Waals surface area contributed by atoms with Gasteiger partial charge < -0.3 is 15.5 Å². The summed E-state index contributed by atoms with van der Waals surface area (Å²) in [5.74, 6) is 0.0139. The molecular formula is C26H27N3O2. The Morgan fingerprint density at radius 2 is 1.77 bits per heavy atom. The van der Waals surface area contributed by atoms with Gasteiger partial charge in [0.15, 0.2) is 0 Å². The highest BCUT2D eigenvalue weighted by Gasteiger charge is 2.25. The third-order valence-electron chi connectivity index (χ3n) is 5.77. The monoisotopic (exact) mass is 413 g/mol. The van der Waals surface area contributed by atoms with E-state index in [9.17, 15) is 9.59 Å². The van der Waals surface area contributed by atoms with Crippen LogP contribution in [-0.4, -0.2) is 18.5 Å². The van der Waals surface area contributed by atoms with Crippen LogP contribution in [0.5, 0.6) is 0 Å². The number of carbonyl (C=O) groups excluding carboxylic acids is 2. The molecule has 0 atom stereocenters. The minimum atomic E-state index is -0.253. The second kappa shape index (κ2) is 8.64. The number of carbonyl (C=O) groups is 2. The van der Waals surface area contributed by atoms with Crippen LogP contribution in [0.2, 0.25) is 0 Å². The van der Waals surface area contributed by atoms with Crippen LogP contribution in [0.3, 0.4) is 0 Å². The molecule has 0 aromatic heterocycles. The predicted octanol–water partition coefficient (Wildman–Crippen LogP) is 5.14. The molecule has 1 aliphatic rings. The minimum Gasteiger partial charge on any atom is -0.334 e. The largest absolute Gasteiger partial charge is 0.334 e. The lowest BCUT2D eigenvalue weighted by Gasteiger charge is -2.18. The summed E-state index contributed by atoms with van der Waals surface area (Å²) in [7, 11) is 0. The number of urea groups is 1. The number of hydrogen-bond donors (Lipinski definition) is 2. The number of aryl methyl sites for hydroxylation is 3. The zero-order chi connectivity index (χ0) is 22.0. The first-order chi connectivity index (χ1) is 14.9. The number of nitrogens with one attached hydrogen (secondary N) is 2. The molecule has 2 N–H and O–H groups in total. The first-order valence-corrected chi connectivity index (χ1v) is 10.5. The van der Waals surface area contributed by atoms with Crippen LogP contribution in [0.4, 0.5) is 16.2 Å². The van der Waals surface area contributed by atoms with Gasteiger partial charge in [-0.25, -0.2) is 4.79 Å². The quantitative estimate of drug-likeness (QED) is 0.622. The van der Waals surface area contributed by atoms with E-state index in [2.05, 4.69) is 16.7 Å². The zero-order valence-electron chi connectivity index (χ0n) is 18.2. The van der Waals surface area contributed by atoms with Gasteiger partial charge in [-0.2, -0.15) is 0 Å². The molecule has 1 aliphatic heterocycles. The molecule has 31 heavy (non-hydrogen) atoms. The Bertz CT molecular complexity index is 1150. The van der Waals surface area contributed by atoms with Crippen molar-refractivity contribution in [3.63, 3.8) is 0 Å². The van der Waals surface area contributed by atoms with Crippen molar-refractivity contribution < 1.29 is 9.59 Å². The zero-order valence-corrected chi connectivity index (χ0v) is 18.2. The van der Waals surface area contributed by atoms with Crippen molar-refractivity contribution in [2.75, 3.05) is 16.8 Å². The third-order valence-corrected chi connectivity index (χ3v) is 5.77. The fourth-order valence-corrected chi connectivity index (χ4v) is 3.86. The Morgan fingerprint density at radius 1 is 0.935 bits per heavy atom. The molecule has 0 radical (unpaired) electrons. The smallest absolute Gasteiger partial charge is 0.319 e. The van der Waals surface area contributed by atoms with Crippen LogP contribution in [0.15, 0.2) is 60.7 Å². The van der Waals surface area contributed by atoms with Crippen molar-refractivity contribution in [1.29, 1.82) is 0 Å². The number of fused-ring (bicyclic) bond motifs is 1. The Hall–Kier alpha value is -3.60. The number of nitrogens with zero attached hydrogens (tertiary/aromatic N) is 1. The number of benzene rings is 3. The van der Waals surface area contributed by atoms with Gasteiger partial charge in [0, 0.05) is 30.0 Å². The maximum atomic E-state index is 13.0. The SMILES string of the molecule is Cc1cccc(C(=O)N2CCc3ccc(CNC(=O)Nc4ccc(C)c(C)c4)cc32)c1. The van der Waals surface area contributed by atoms with E-state index in [1.54, 1.807) is 0 Å². The summed E-state index contributed by atoms with van der Waals surface area (Å²) in [6.45, 7) is 7.11. The molecular weight excluding hydrogens is 386 g/mol. The summed E-state index contributed by atoms with van der Waals surface area (Å²) in [6, 6.07) is 19.3. The lowest BCUT2D eigenvalue weighted by atomic mass is 10.1. The van der Waals surface area contributed by atoms with Crippen LogP contribution >= 0.6 is 0 Å². The molecule has 5 heteroatoms. The molecule has 3 aromatic carbocycles. The molecule has 0 fully saturated rings. The first kappa shape index (κ1) is 20.7. The lowest BCUT2D eigenvalue weighted by Crippen LogP contribution is -2.29. The fourth-order valence-electron chi connectivity index (χ4n) is 3.86. The summed E-state index contributed by atoms with van der Waals surface area (Å²) in [5.41, 5.74) is 7.90. The van der Waals surface area contributed by atoms with Crippen LogP contribution in [0.25, 0.3) is 0 Å². The average molecular weight is 414 g/mol. The summed E-state index contributed by atoms with van der Waals surface area (Å²) in [6.07, 6.45) is 0.841. The van der Waals surface area contributed by atoms with Crippen LogP contribution in [-0.2, 0) is 13.0 Å². The van der Waals surface area contributed by atoms with Gasteiger partial charge in [0.2, 0.25) is 0 Å². The van der Waals surface area contributed by atoms with Gasteiger partial charge >= 0.3 is 6.03 Å². The average Bonchev–Trinajstić information content (AvgIpc) is 3.17. The molecule has 158 valence electrons. The van der Waals surface area contributed by atoms with E-state index in [1.807, 2.05) is 80.3 Å². The Kier molecular flexibility index (Phi) is 5.76. The molecule has 0 aliphatic carbocycles. The van der Waals surface area contributed by atoms with Gasteiger partial charge in [-0.3, -0.25) is 4.79 Å². The normalized spacial score (nSPS) is 12.4. The standard InChI is InChI=1S/C26H27N3O2/c1-17-5-4-6-22(13-17)25(30)29-12-11-21-9-8-20(15-24(21)29)16-27-26(31)28-23-10-7-18(2)19(3)14-23/h4-10,13-15H,11-12,16H2,1-3H3,(H2,27,28,31). The van der Waals surface area contributed by atoms with Crippen molar-refractivity contribution in [3.8, 4) is 0 Å². The Morgan fingerprint density at radius 3 is 2.55 bits per heavy atom. The van der Waals surface area contributed by atoms with Crippen molar-refractivity contribution in [3.05, 3.63) is 94.0 Å². The predicted molar refractivity (Wildman–Crippen MR) is 125 cm³/mol. The number of rotatable bonds is 4. The van der Waals surface area contributed by atoms with Crippen LogP contribution < -0.4 is 15.5 Å². The van der Waals surface area contributed by atoms with Gasteiger partial charge in [-0.15, -0.1) is 0 Å². The van der Waals surface area contributed by atoms with Crippen LogP contribution in [0, 0.1) is 20.8 Å². The summed E-state index contributed by atoms with van der Waals surface area (Å²) in [4.78, 5) is 27.2. The maximum absolute atomic E-state index is 13.0. The molecule has 0 spiro atoms. The van der Waals surface area contributed by atoms with Crippen molar-refractivity contribution in [1.82, 2.24) is 5.32 Å². The molecule has 3 amide bonds. The van der Waals surface area contributed by atoms with Gasteiger partial charge in [-0.05, 0) is 79.8 Å². The van der Waals surface area contributed by atoms with Crippen LogP contribution in [0.1, 0.15) is 38.2 Å². The van der Waals surface area contributed by atoms with E-state index in [0.29, 0.717) is 18.7 Å². The molecule has 0 unspecified atom stereocenters. The Labute approximate surface area is 183 Å². The van der Waals surface area contributed by atoms with Gasteiger partial charge in [0.1, 0.15) is 0 Å². The maximum Gasteiger partial charge on any atom is 0.319 e. The molecule has 0 saturated carbocycles. The van der Waals surface area contributed by atoms with E-state index in [4.69, 9.17) is 0 Å². The van der Waals surface area contributed by atoms with E-state index >= 15 is 0 Å². The van der Waals surface area contributed by atoms with Gasteiger partial charge in [0.05, 0.1) is 0 Å². The van der Waals surface area contributed by atoms with E-state index in [-0.39, 0.29) is 11.9 Å². The minimum absolute atomic E-state index is 0.0139. The highest BCUT2D eigenvalue weighted by Crippen LogP contribution is 2.30. The van der Waals surface area contributed by atoms with Crippen molar-refractivity contribution in [2.45, 2.75) is 33.7 Å². The van der Waals surface area contributed by atoms with Gasteiger partial charge in [-0.1, -0.05) is 35.9 Å². The molecule has 3 aromatic rings. The summed E-state index contributed by atoms with van der Waals surface area (Å²) in [5, 5.41) is 5.77. The number of anilines is 2. The Balaban J connectivity index is 1.43. The topological polar surface area (TPSA) is 61.4 Å². The van der Waals surface area contributed by atoms with Gasteiger partial charge in [0.25, 0.3) is 5.91 Å². The summed E-state index contributed by atoms with van der Waals surface area (Å²) < 4.78 is 0. The molecule has 0 saturated heterocycles. The van der Waals surface area contributed by atoms with Crippen molar-refractivity contribution in [2.24, 2.45) is 0 Å². The number of amides is 3. The molecule has 5 nitrogen and oxygen atoms in total. The second-order valence-corrected chi connectivity index (χ2v) is 8.15. The molecule has 4 rings (SSSR count). The van der Waals surface area contributed by atoms with E-state index < -0.39 is 0 Å². The number of hydrogen-bond acceptors (Lipinski definition) is 2. The van der Waals surface area contributed by atoms with E-state index in [0.717, 1.165) is 40.0 Å². The lowest BCUT2D eigenvalue weighted by molar-refractivity contribution is 0.0989. The fraction of sp³-hybridized carbons (Fsp3) is 0.231. The highest BCUT2D eigenvalue weighted by atomic mass is 16.2. The molecule has 1 heterocycles. The van der Waals surface area contributed by atoms with E-state index in [1.165, 1.54) is 5.56 Å².